The molecular weight excluding hydrogens is 568 g/mol. The van der Waals surface area contributed by atoms with Crippen LogP contribution in [0, 0.1) is 5.92 Å². The third kappa shape index (κ3) is 10.3. The van der Waals surface area contributed by atoms with Crippen molar-refractivity contribution >= 4 is 18.1 Å². The van der Waals surface area contributed by atoms with Gasteiger partial charge in [-0.1, -0.05) is 6.07 Å². The molecule has 12 nitrogen and oxygen atoms in total. The van der Waals surface area contributed by atoms with Crippen molar-refractivity contribution in [3.63, 3.8) is 0 Å². The molecule has 1 aromatic heterocycles. The van der Waals surface area contributed by atoms with Crippen LogP contribution in [0.4, 0.5) is 9.59 Å². The number of hydrogen-bond donors (Lipinski definition) is 1. The highest BCUT2D eigenvalue weighted by Crippen LogP contribution is 2.30. The van der Waals surface area contributed by atoms with E-state index in [2.05, 4.69) is 10.3 Å². The fourth-order valence-electron chi connectivity index (χ4n) is 4.73. The van der Waals surface area contributed by atoms with Crippen molar-refractivity contribution < 1.29 is 38.1 Å². The summed E-state index contributed by atoms with van der Waals surface area (Å²) < 4.78 is 27.8. The van der Waals surface area contributed by atoms with Crippen molar-refractivity contribution in [1.29, 1.82) is 0 Å². The largest absolute Gasteiger partial charge is 0.493 e. The summed E-state index contributed by atoms with van der Waals surface area (Å²) in [5.74, 6) is 0.390. The summed E-state index contributed by atoms with van der Waals surface area (Å²) in [5, 5.41) is 2.72. The lowest BCUT2D eigenvalue weighted by Crippen LogP contribution is -2.44. The summed E-state index contributed by atoms with van der Waals surface area (Å²) in [7, 11) is 3.17. The third-order valence-electron chi connectivity index (χ3n) is 6.91. The van der Waals surface area contributed by atoms with Crippen LogP contribution in [-0.4, -0.2) is 97.7 Å². The maximum Gasteiger partial charge on any atom is 0.410 e. The van der Waals surface area contributed by atoms with Gasteiger partial charge in [0.15, 0.2) is 11.5 Å². The minimum absolute atomic E-state index is 0.138. The summed E-state index contributed by atoms with van der Waals surface area (Å²) in [4.78, 5) is 47.1. The van der Waals surface area contributed by atoms with Gasteiger partial charge in [0, 0.05) is 56.9 Å². The van der Waals surface area contributed by atoms with Crippen molar-refractivity contribution in [2.75, 3.05) is 47.1 Å². The van der Waals surface area contributed by atoms with E-state index in [4.69, 9.17) is 23.7 Å². The van der Waals surface area contributed by atoms with Crippen molar-refractivity contribution in [2.24, 2.45) is 5.92 Å². The van der Waals surface area contributed by atoms with Crippen LogP contribution in [0.25, 0.3) is 0 Å². The molecule has 1 fully saturated rings. The summed E-state index contributed by atoms with van der Waals surface area (Å²) in [6.07, 6.45) is 0.517. The number of alkyl carbamates (subject to hydrolysis) is 1. The Hall–Kier alpha value is -4.06. The fraction of sp³-hybridized carbons (Fsp3) is 0.562. The lowest BCUT2D eigenvalue weighted by Gasteiger charge is -2.31. The molecule has 0 radical (unpaired) electrons. The number of amides is 3. The highest BCUT2D eigenvalue weighted by Gasteiger charge is 2.41. The van der Waals surface area contributed by atoms with Crippen LogP contribution in [-0.2, 0) is 20.8 Å². The molecule has 0 bridgehead atoms. The van der Waals surface area contributed by atoms with Gasteiger partial charge in [0.05, 0.1) is 32.5 Å². The average Bonchev–Trinajstić information content (AvgIpc) is 3.38. The first-order valence-corrected chi connectivity index (χ1v) is 14.8. The van der Waals surface area contributed by atoms with E-state index in [9.17, 15) is 14.4 Å². The number of nitrogens with one attached hydrogen (secondary N) is 1. The first kappa shape index (κ1) is 34.4. The van der Waals surface area contributed by atoms with E-state index in [0.29, 0.717) is 42.4 Å². The van der Waals surface area contributed by atoms with Gasteiger partial charge in [-0.3, -0.25) is 9.78 Å². The Balaban J connectivity index is 1.78. The zero-order valence-electron chi connectivity index (χ0n) is 26.8. The highest BCUT2D eigenvalue weighted by atomic mass is 16.6. The van der Waals surface area contributed by atoms with Crippen LogP contribution >= 0.6 is 0 Å². The molecule has 1 aliphatic heterocycles. The number of aromatic nitrogens is 1. The standard InChI is InChI=1S/C32H46N4O8/c1-22(2)36(29(37)23-12-13-26(41-7)27(17-23)42-16-10-15-40-6)20-24-19-35(31(39)44-32(3,4)5)21-28(24)43-30(38)34-18-25-11-8-9-14-33-25/h8-9,11-14,17,22,24,28H,10,15-16,18-21H2,1-7H3,(H,34,38)/t24-,28?/m0/s1. The van der Waals surface area contributed by atoms with E-state index in [1.807, 2.05) is 19.9 Å². The van der Waals surface area contributed by atoms with Gasteiger partial charge in [0.25, 0.3) is 5.91 Å². The summed E-state index contributed by atoms with van der Waals surface area (Å²) >= 11 is 0. The van der Waals surface area contributed by atoms with Gasteiger partial charge in [-0.05, 0) is 65.0 Å². The first-order valence-electron chi connectivity index (χ1n) is 14.8. The van der Waals surface area contributed by atoms with Gasteiger partial charge >= 0.3 is 12.2 Å². The Morgan fingerprint density at radius 1 is 1.07 bits per heavy atom. The number of rotatable bonds is 13. The van der Waals surface area contributed by atoms with E-state index in [1.54, 1.807) is 76.4 Å². The summed E-state index contributed by atoms with van der Waals surface area (Å²) in [6, 6.07) is 10.3. The number of pyridine rings is 1. The van der Waals surface area contributed by atoms with Gasteiger partial charge in [-0.25, -0.2) is 9.59 Å². The van der Waals surface area contributed by atoms with Crippen LogP contribution in [0.15, 0.2) is 42.6 Å². The Kier molecular flexibility index (Phi) is 12.6. The van der Waals surface area contributed by atoms with Crippen LogP contribution in [0.1, 0.15) is 57.1 Å². The Bertz CT molecular complexity index is 1230. The maximum absolute atomic E-state index is 13.9. The normalized spacial score (nSPS) is 16.4. The molecule has 0 spiro atoms. The Morgan fingerprint density at radius 3 is 2.48 bits per heavy atom. The van der Waals surface area contributed by atoms with E-state index in [-0.39, 0.29) is 44.0 Å². The molecule has 3 amide bonds. The molecule has 2 heterocycles. The number of nitrogens with zero attached hydrogens (tertiary/aromatic N) is 3. The monoisotopic (exact) mass is 614 g/mol. The topological polar surface area (TPSA) is 129 Å². The number of benzene rings is 1. The molecule has 1 unspecified atom stereocenters. The van der Waals surface area contributed by atoms with Gasteiger partial charge < -0.3 is 38.8 Å². The molecule has 1 saturated heterocycles. The number of methoxy groups -OCH3 is 2. The van der Waals surface area contributed by atoms with Gasteiger partial charge in [-0.15, -0.1) is 0 Å². The van der Waals surface area contributed by atoms with E-state index in [0.717, 1.165) is 0 Å². The van der Waals surface area contributed by atoms with Crippen molar-refractivity contribution in [3.05, 3.63) is 53.9 Å². The van der Waals surface area contributed by atoms with Crippen molar-refractivity contribution in [2.45, 2.75) is 65.3 Å². The van der Waals surface area contributed by atoms with Gasteiger partial charge in [0.1, 0.15) is 11.7 Å². The van der Waals surface area contributed by atoms with E-state index < -0.39 is 23.9 Å². The smallest absolute Gasteiger partial charge is 0.410 e. The second-order valence-corrected chi connectivity index (χ2v) is 11.9. The number of carbonyl (C=O) groups excluding carboxylic acids is 3. The quantitative estimate of drug-likeness (QED) is 0.324. The lowest BCUT2D eigenvalue weighted by atomic mass is 10.0. The minimum Gasteiger partial charge on any atom is -0.493 e. The molecule has 0 saturated carbocycles. The summed E-state index contributed by atoms with van der Waals surface area (Å²) in [6.45, 7) is 11.0. The predicted octanol–water partition coefficient (Wildman–Crippen LogP) is 4.52. The molecule has 12 heteroatoms. The van der Waals surface area contributed by atoms with Crippen LogP contribution in [0.5, 0.6) is 11.5 Å². The van der Waals surface area contributed by atoms with Crippen LogP contribution in [0.2, 0.25) is 0 Å². The van der Waals surface area contributed by atoms with E-state index in [1.165, 1.54) is 4.90 Å². The van der Waals surface area contributed by atoms with Crippen LogP contribution < -0.4 is 14.8 Å². The Labute approximate surface area is 259 Å². The second-order valence-electron chi connectivity index (χ2n) is 11.9. The first-order chi connectivity index (χ1) is 20.9. The molecule has 1 aromatic carbocycles. The number of hydrogen-bond acceptors (Lipinski definition) is 9. The second kappa shape index (κ2) is 16.1. The molecule has 242 valence electrons. The van der Waals surface area contributed by atoms with Gasteiger partial charge in [0.2, 0.25) is 0 Å². The molecule has 1 N–H and O–H groups in total. The molecular formula is C32H46N4O8. The maximum atomic E-state index is 13.9. The van der Waals surface area contributed by atoms with Gasteiger partial charge in [-0.2, -0.15) is 0 Å². The summed E-state index contributed by atoms with van der Waals surface area (Å²) in [5.41, 5.74) is 0.415. The molecule has 1 aliphatic rings. The van der Waals surface area contributed by atoms with Crippen molar-refractivity contribution in [3.8, 4) is 11.5 Å². The zero-order valence-corrected chi connectivity index (χ0v) is 26.8. The number of carbonyl (C=O) groups is 3. The molecule has 3 rings (SSSR count). The van der Waals surface area contributed by atoms with Crippen molar-refractivity contribution in [1.82, 2.24) is 20.1 Å². The van der Waals surface area contributed by atoms with E-state index >= 15 is 0 Å². The molecule has 44 heavy (non-hydrogen) atoms. The molecule has 2 aromatic rings. The average molecular weight is 615 g/mol. The number of likely N-dealkylation sites (tertiary alicyclic amines) is 1. The molecule has 0 aliphatic carbocycles. The predicted molar refractivity (Wildman–Crippen MR) is 164 cm³/mol. The highest BCUT2D eigenvalue weighted by molar-refractivity contribution is 5.95. The van der Waals surface area contributed by atoms with Crippen LogP contribution in [0.3, 0.4) is 0 Å². The third-order valence-corrected chi connectivity index (χ3v) is 6.91. The fourth-order valence-corrected chi connectivity index (χ4v) is 4.73. The molecule has 2 atom stereocenters. The Morgan fingerprint density at radius 2 is 1.84 bits per heavy atom. The SMILES string of the molecule is COCCCOc1cc(C(=O)N(C[C@@H]2CN(C(=O)OC(C)(C)C)CC2OC(=O)NCc2ccccn2)C(C)C)ccc1OC. The lowest BCUT2D eigenvalue weighted by molar-refractivity contribution is 0.0258. The minimum atomic E-state index is -0.691. The number of ether oxygens (including phenoxy) is 5. The zero-order chi connectivity index (χ0) is 32.3.